The molecule has 106 valence electrons. The molecule has 0 radical (unpaired) electrons. The van der Waals surface area contributed by atoms with Gasteiger partial charge in [0.05, 0.1) is 5.69 Å². The summed E-state index contributed by atoms with van der Waals surface area (Å²) in [6.07, 6.45) is 3.46. The van der Waals surface area contributed by atoms with E-state index in [1.54, 1.807) is 6.07 Å². The molecule has 1 amide bonds. The lowest BCUT2D eigenvalue weighted by molar-refractivity contribution is -0.116. The summed E-state index contributed by atoms with van der Waals surface area (Å²) in [7, 11) is 0. The van der Waals surface area contributed by atoms with Crippen LogP contribution in [-0.2, 0) is 4.79 Å². The minimum Gasteiger partial charge on any atom is -0.330 e. The van der Waals surface area contributed by atoms with Crippen molar-refractivity contribution in [3.8, 4) is 0 Å². The summed E-state index contributed by atoms with van der Waals surface area (Å²) in [5.74, 6) is 1.16. The van der Waals surface area contributed by atoms with Gasteiger partial charge < -0.3 is 11.1 Å². The second-order valence-corrected chi connectivity index (χ2v) is 5.56. The summed E-state index contributed by atoms with van der Waals surface area (Å²) in [5.41, 5.74) is 6.42. The highest BCUT2D eigenvalue weighted by molar-refractivity contribution is 9.10. The van der Waals surface area contributed by atoms with Crippen molar-refractivity contribution < 1.29 is 4.79 Å². The van der Waals surface area contributed by atoms with Crippen LogP contribution in [0.2, 0.25) is 0 Å². The van der Waals surface area contributed by atoms with Crippen LogP contribution >= 0.6 is 15.9 Å². The SMILES string of the molecule is CCC(CCN)CCC(=O)Nc1ccc(Br)c(C)n1. The third kappa shape index (κ3) is 5.70. The van der Waals surface area contributed by atoms with Crippen molar-refractivity contribution >= 4 is 27.7 Å². The summed E-state index contributed by atoms with van der Waals surface area (Å²) < 4.78 is 0.944. The Morgan fingerprint density at radius 2 is 2.21 bits per heavy atom. The maximum atomic E-state index is 11.8. The van der Waals surface area contributed by atoms with Crippen molar-refractivity contribution in [3.05, 3.63) is 22.3 Å². The van der Waals surface area contributed by atoms with Crippen LogP contribution in [0.5, 0.6) is 0 Å². The quantitative estimate of drug-likeness (QED) is 0.807. The summed E-state index contributed by atoms with van der Waals surface area (Å²) >= 11 is 3.38. The minimum absolute atomic E-state index is 0.0182. The van der Waals surface area contributed by atoms with Gasteiger partial charge in [0, 0.05) is 10.9 Å². The number of halogens is 1. The van der Waals surface area contributed by atoms with Crippen molar-refractivity contribution in [2.45, 2.75) is 39.5 Å². The maximum Gasteiger partial charge on any atom is 0.225 e. The predicted octanol–water partition coefficient (Wildman–Crippen LogP) is 3.25. The number of amides is 1. The van der Waals surface area contributed by atoms with Gasteiger partial charge in [-0.2, -0.15) is 0 Å². The number of nitrogens with two attached hydrogens (primary N) is 1. The van der Waals surface area contributed by atoms with E-state index in [4.69, 9.17) is 5.73 Å². The Hall–Kier alpha value is -0.940. The molecular weight excluding hydrogens is 306 g/mol. The van der Waals surface area contributed by atoms with Crippen LogP contribution < -0.4 is 11.1 Å². The van der Waals surface area contributed by atoms with E-state index >= 15 is 0 Å². The number of hydrogen-bond donors (Lipinski definition) is 2. The molecule has 0 spiro atoms. The highest BCUT2D eigenvalue weighted by Crippen LogP contribution is 2.18. The van der Waals surface area contributed by atoms with Crippen molar-refractivity contribution in [1.29, 1.82) is 0 Å². The zero-order valence-corrected chi connectivity index (χ0v) is 13.2. The second-order valence-electron chi connectivity index (χ2n) is 4.70. The van der Waals surface area contributed by atoms with E-state index in [-0.39, 0.29) is 5.91 Å². The highest BCUT2D eigenvalue weighted by atomic mass is 79.9. The number of hydrogen-bond acceptors (Lipinski definition) is 3. The van der Waals surface area contributed by atoms with Gasteiger partial charge in [-0.25, -0.2) is 4.98 Å². The Morgan fingerprint density at radius 3 is 2.79 bits per heavy atom. The Kier molecular flexibility index (Phi) is 7.02. The van der Waals surface area contributed by atoms with Crippen LogP contribution in [-0.4, -0.2) is 17.4 Å². The number of carbonyl (C=O) groups is 1. The molecule has 0 aromatic carbocycles. The van der Waals surface area contributed by atoms with E-state index in [0.29, 0.717) is 24.7 Å². The number of nitrogens with zero attached hydrogens (tertiary/aromatic N) is 1. The largest absolute Gasteiger partial charge is 0.330 e. The van der Waals surface area contributed by atoms with Gasteiger partial charge in [-0.05, 0) is 60.3 Å². The molecule has 1 heterocycles. The van der Waals surface area contributed by atoms with E-state index in [1.807, 2.05) is 13.0 Å². The van der Waals surface area contributed by atoms with Gasteiger partial charge in [-0.1, -0.05) is 13.3 Å². The minimum atomic E-state index is 0.0182. The molecule has 1 rings (SSSR count). The summed E-state index contributed by atoms with van der Waals surface area (Å²) in [6, 6.07) is 3.69. The monoisotopic (exact) mass is 327 g/mol. The average molecular weight is 328 g/mol. The molecule has 1 aromatic heterocycles. The first-order chi connectivity index (χ1) is 9.06. The van der Waals surface area contributed by atoms with Crippen molar-refractivity contribution in [2.24, 2.45) is 11.7 Å². The molecular formula is C14H22BrN3O. The van der Waals surface area contributed by atoms with Crippen molar-refractivity contribution in [3.63, 3.8) is 0 Å². The molecule has 0 saturated heterocycles. The van der Waals surface area contributed by atoms with Crippen molar-refractivity contribution in [2.75, 3.05) is 11.9 Å². The molecule has 1 unspecified atom stereocenters. The lowest BCUT2D eigenvalue weighted by Gasteiger charge is -2.13. The number of pyridine rings is 1. The lowest BCUT2D eigenvalue weighted by atomic mass is 9.96. The van der Waals surface area contributed by atoms with Gasteiger partial charge in [0.25, 0.3) is 0 Å². The van der Waals surface area contributed by atoms with Crippen LogP contribution in [0.15, 0.2) is 16.6 Å². The molecule has 0 saturated carbocycles. The van der Waals surface area contributed by atoms with Crippen LogP contribution in [0, 0.1) is 12.8 Å². The topological polar surface area (TPSA) is 68.0 Å². The first-order valence-corrected chi connectivity index (χ1v) is 7.49. The molecule has 0 fully saturated rings. The van der Waals surface area contributed by atoms with Gasteiger partial charge in [0.1, 0.15) is 5.82 Å². The maximum absolute atomic E-state index is 11.8. The van der Waals surface area contributed by atoms with Gasteiger partial charge in [0.15, 0.2) is 0 Å². The second kappa shape index (κ2) is 8.27. The zero-order chi connectivity index (χ0) is 14.3. The Balaban J connectivity index is 2.44. The third-order valence-electron chi connectivity index (χ3n) is 3.22. The van der Waals surface area contributed by atoms with Gasteiger partial charge in [0.2, 0.25) is 5.91 Å². The standard InChI is InChI=1S/C14H22BrN3O/c1-3-11(8-9-16)4-7-14(19)18-13-6-5-12(15)10(2)17-13/h5-6,11H,3-4,7-9,16H2,1-2H3,(H,17,18,19). The van der Waals surface area contributed by atoms with Crippen molar-refractivity contribution in [1.82, 2.24) is 4.98 Å². The predicted molar refractivity (Wildman–Crippen MR) is 82.0 cm³/mol. The molecule has 3 N–H and O–H groups in total. The van der Waals surface area contributed by atoms with Crippen LogP contribution in [0.1, 0.15) is 38.3 Å². The molecule has 1 atom stereocenters. The van der Waals surface area contributed by atoms with E-state index in [9.17, 15) is 4.79 Å². The fourth-order valence-corrected chi connectivity index (χ4v) is 2.16. The molecule has 5 heteroatoms. The Morgan fingerprint density at radius 1 is 1.47 bits per heavy atom. The number of anilines is 1. The summed E-state index contributed by atoms with van der Waals surface area (Å²) in [6.45, 7) is 4.72. The smallest absolute Gasteiger partial charge is 0.225 e. The number of carbonyl (C=O) groups excluding carboxylic acids is 1. The number of aromatic nitrogens is 1. The fourth-order valence-electron chi connectivity index (χ4n) is 1.94. The van der Waals surface area contributed by atoms with Crippen LogP contribution in [0.25, 0.3) is 0 Å². The molecule has 1 aromatic rings. The number of aryl methyl sites for hydroxylation is 1. The Bertz CT molecular complexity index is 423. The molecule has 0 aliphatic rings. The third-order valence-corrected chi connectivity index (χ3v) is 4.06. The van der Waals surface area contributed by atoms with E-state index in [1.165, 1.54) is 0 Å². The normalized spacial score (nSPS) is 12.2. The van der Waals surface area contributed by atoms with Crippen LogP contribution in [0.3, 0.4) is 0 Å². The van der Waals surface area contributed by atoms with E-state index in [2.05, 4.69) is 33.2 Å². The first-order valence-electron chi connectivity index (χ1n) is 6.69. The van der Waals surface area contributed by atoms with E-state index < -0.39 is 0 Å². The van der Waals surface area contributed by atoms with Gasteiger partial charge in [-0.15, -0.1) is 0 Å². The molecule has 0 aliphatic carbocycles. The Labute approximate surface area is 123 Å². The summed E-state index contributed by atoms with van der Waals surface area (Å²) in [4.78, 5) is 16.1. The molecule has 19 heavy (non-hydrogen) atoms. The van der Waals surface area contributed by atoms with E-state index in [0.717, 1.165) is 29.4 Å². The zero-order valence-electron chi connectivity index (χ0n) is 11.6. The number of rotatable bonds is 7. The van der Waals surface area contributed by atoms with Crippen LogP contribution in [0.4, 0.5) is 5.82 Å². The average Bonchev–Trinajstić information content (AvgIpc) is 2.39. The molecule has 4 nitrogen and oxygen atoms in total. The molecule has 0 aliphatic heterocycles. The summed E-state index contributed by atoms with van der Waals surface area (Å²) in [5, 5.41) is 2.83. The number of nitrogens with one attached hydrogen (secondary N) is 1. The lowest BCUT2D eigenvalue weighted by Crippen LogP contribution is -2.15. The van der Waals surface area contributed by atoms with Gasteiger partial charge >= 0.3 is 0 Å². The highest BCUT2D eigenvalue weighted by Gasteiger charge is 2.10. The van der Waals surface area contributed by atoms with Gasteiger partial charge in [-0.3, -0.25) is 4.79 Å². The molecule has 0 bridgehead atoms. The first kappa shape index (κ1) is 16.1. The fraction of sp³-hybridized carbons (Fsp3) is 0.571.